The standard InChI is InChI=1S/C23H30N4O/c1-18(28)27(16-19-14-24-17-25-15-19)21-8-5-12-26(13-11-21)23-10-4-7-20-6-2-3-9-22(20)23/h2-3,6,9,14-15,17,21,23H,4-5,7-8,10-13,16H2,1H3. The molecule has 0 saturated carbocycles. The van der Waals surface area contributed by atoms with Gasteiger partial charge in [-0.25, -0.2) is 9.97 Å². The first-order valence-electron chi connectivity index (χ1n) is 10.6. The van der Waals surface area contributed by atoms with Crippen LogP contribution in [0.15, 0.2) is 43.0 Å². The van der Waals surface area contributed by atoms with Crippen LogP contribution in [-0.4, -0.2) is 44.8 Å². The Kier molecular flexibility index (Phi) is 6.01. The lowest BCUT2D eigenvalue weighted by Crippen LogP contribution is -2.39. The van der Waals surface area contributed by atoms with Crippen molar-refractivity contribution in [1.29, 1.82) is 0 Å². The topological polar surface area (TPSA) is 49.3 Å². The highest BCUT2D eigenvalue weighted by molar-refractivity contribution is 5.73. The van der Waals surface area contributed by atoms with Gasteiger partial charge in [-0.2, -0.15) is 0 Å². The molecule has 5 nitrogen and oxygen atoms in total. The number of fused-ring (bicyclic) bond motifs is 1. The van der Waals surface area contributed by atoms with E-state index < -0.39 is 0 Å². The summed E-state index contributed by atoms with van der Waals surface area (Å²) in [4.78, 5) is 25.3. The Balaban J connectivity index is 1.45. The van der Waals surface area contributed by atoms with Crippen molar-refractivity contribution >= 4 is 5.91 Å². The van der Waals surface area contributed by atoms with Crippen LogP contribution in [0.4, 0.5) is 0 Å². The molecule has 2 atom stereocenters. The van der Waals surface area contributed by atoms with E-state index in [0.717, 1.165) is 37.9 Å². The molecule has 1 aromatic heterocycles. The molecule has 1 aliphatic heterocycles. The maximum absolute atomic E-state index is 12.4. The Hall–Kier alpha value is -2.27. The molecule has 2 unspecified atom stereocenters. The van der Waals surface area contributed by atoms with Crippen LogP contribution in [0.2, 0.25) is 0 Å². The predicted molar refractivity (Wildman–Crippen MR) is 110 cm³/mol. The molecule has 1 saturated heterocycles. The van der Waals surface area contributed by atoms with Gasteiger partial charge in [0.2, 0.25) is 5.91 Å². The van der Waals surface area contributed by atoms with Crippen LogP contribution in [0.3, 0.4) is 0 Å². The van der Waals surface area contributed by atoms with Gasteiger partial charge in [0.05, 0.1) is 0 Å². The number of hydrogen-bond donors (Lipinski definition) is 0. The lowest BCUT2D eigenvalue weighted by molar-refractivity contribution is -0.132. The number of hydrogen-bond acceptors (Lipinski definition) is 4. The van der Waals surface area contributed by atoms with Crippen LogP contribution >= 0.6 is 0 Å². The Morgan fingerprint density at radius 3 is 2.75 bits per heavy atom. The minimum Gasteiger partial charge on any atom is -0.335 e. The molecular formula is C23H30N4O. The van der Waals surface area contributed by atoms with Crippen LogP contribution in [0, 0.1) is 0 Å². The number of likely N-dealkylation sites (tertiary alicyclic amines) is 1. The maximum Gasteiger partial charge on any atom is 0.219 e. The van der Waals surface area contributed by atoms with E-state index >= 15 is 0 Å². The highest BCUT2D eigenvalue weighted by atomic mass is 16.2. The number of aryl methyl sites for hydroxylation is 1. The van der Waals surface area contributed by atoms with Gasteiger partial charge in [-0.1, -0.05) is 24.3 Å². The molecule has 1 aromatic carbocycles. The highest BCUT2D eigenvalue weighted by Crippen LogP contribution is 2.35. The van der Waals surface area contributed by atoms with Gasteiger partial charge < -0.3 is 4.90 Å². The first-order chi connectivity index (χ1) is 13.7. The number of nitrogens with zero attached hydrogens (tertiary/aromatic N) is 4. The molecule has 1 fully saturated rings. The van der Waals surface area contributed by atoms with E-state index in [1.54, 1.807) is 6.92 Å². The van der Waals surface area contributed by atoms with E-state index in [9.17, 15) is 4.79 Å². The van der Waals surface area contributed by atoms with Crippen molar-refractivity contribution in [2.24, 2.45) is 0 Å². The molecule has 0 spiro atoms. The molecule has 0 N–H and O–H groups in total. The third-order valence-corrected chi connectivity index (χ3v) is 6.32. The molecule has 5 heteroatoms. The van der Waals surface area contributed by atoms with E-state index in [-0.39, 0.29) is 5.91 Å². The van der Waals surface area contributed by atoms with Gasteiger partial charge in [-0.05, 0) is 56.2 Å². The summed E-state index contributed by atoms with van der Waals surface area (Å²) in [5.74, 6) is 0.144. The van der Waals surface area contributed by atoms with Crippen LogP contribution in [0.1, 0.15) is 61.8 Å². The van der Waals surface area contributed by atoms with Crippen molar-refractivity contribution < 1.29 is 4.79 Å². The van der Waals surface area contributed by atoms with Crippen molar-refractivity contribution in [3.05, 3.63) is 59.7 Å². The average Bonchev–Trinajstić information content (AvgIpc) is 2.98. The van der Waals surface area contributed by atoms with Crippen LogP contribution in [0.5, 0.6) is 0 Å². The number of rotatable bonds is 4. The number of carbonyl (C=O) groups excluding carboxylic acids is 1. The molecule has 1 aliphatic carbocycles. The average molecular weight is 379 g/mol. The quantitative estimate of drug-likeness (QED) is 0.813. The lowest BCUT2D eigenvalue weighted by Gasteiger charge is -2.35. The summed E-state index contributed by atoms with van der Waals surface area (Å²) in [5.41, 5.74) is 4.05. The number of carbonyl (C=O) groups is 1. The van der Waals surface area contributed by atoms with E-state index in [1.807, 2.05) is 17.3 Å². The molecule has 2 aromatic rings. The summed E-state index contributed by atoms with van der Waals surface area (Å²) >= 11 is 0. The Labute approximate surface area is 167 Å². The van der Waals surface area contributed by atoms with Crippen molar-refractivity contribution in [3.63, 3.8) is 0 Å². The molecule has 0 bridgehead atoms. The summed E-state index contributed by atoms with van der Waals surface area (Å²) in [6.07, 6.45) is 12.1. The van der Waals surface area contributed by atoms with Gasteiger partial charge in [0, 0.05) is 50.1 Å². The summed E-state index contributed by atoms with van der Waals surface area (Å²) in [6, 6.07) is 9.79. The van der Waals surface area contributed by atoms with E-state index in [1.165, 1.54) is 36.7 Å². The minimum absolute atomic E-state index is 0.144. The van der Waals surface area contributed by atoms with Crippen molar-refractivity contribution in [1.82, 2.24) is 19.8 Å². The van der Waals surface area contributed by atoms with Gasteiger partial charge in [-0.15, -0.1) is 0 Å². The number of aromatic nitrogens is 2. The molecular weight excluding hydrogens is 348 g/mol. The second-order valence-electron chi connectivity index (χ2n) is 8.12. The summed E-state index contributed by atoms with van der Waals surface area (Å²) in [5, 5.41) is 0. The third kappa shape index (κ3) is 4.25. The minimum atomic E-state index is 0.144. The van der Waals surface area contributed by atoms with Gasteiger partial charge in [0.25, 0.3) is 0 Å². The lowest BCUT2D eigenvalue weighted by atomic mass is 9.86. The normalized spacial score (nSPS) is 22.9. The van der Waals surface area contributed by atoms with Gasteiger partial charge in [0.15, 0.2) is 0 Å². The largest absolute Gasteiger partial charge is 0.335 e. The monoisotopic (exact) mass is 378 g/mol. The SMILES string of the molecule is CC(=O)N(Cc1cncnc1)C1CCCN(C2CCCc3ccccc32)CC1. The first kappa shape index (κ1) is 19.1. The summed E-state index contributed by atoms with van der Waals surface area (Å²) < 4.78 is 0. The zero-order chi connectivity index (χ0) is 19.3. The molecule has 28 heavy (non-hydrogen) atoms. The Morgan fingerprint density at radius 2 is 1.93 bits per heavy atom. The van der Waals surface area contributed by atoms with Gasteiger partial charge in [-0.3, -0.25) is 9.69 Å². The zero-order valence-corrected chi connectivity index (χ0v) is 16.8. The van der Waals surface area contributed by atoms with Crippen molar-refractivity contribution in [2.75, 3.05) is 13.1 Å². The fourth-order valence-corrected chi connectivity index (χ4v) is 4.94. The van der Waals surface area contributed by atoms with Gasteiger partial charge >= 0.3 is 0 Å². The number of amides is 1. The van der Waals surface area contributed by atoms with Crippen LogP contribution < -0.4 is 0 Å². The second kappa shape index (κ2) is 8.82. The van der Waals surface area contributed by atoms with Crippen LogP contribution in [0.25, 0.3) is 0 Å². The van der Waals surface area contributed by atoms with Crippen molar-refractivity contribution in [3.8, 4) is 0 Å². The highest BCUT2D eigenvalue weighted by Gasteiger charge is 2.30. The van der Waals surface area contributed by atoms with Crippen LogP contribution in [-0.2, 0) is 17.8 Å². The molecule has 1 amide bonds. The Morgan fingerprint density at radius 1 is 1.11 bits per heavy atom. The fraction of sp³-hybridized carbons (Fsp3) is 0.522. The molecule has 2 heterocycles. The Bertz CT molecular complexity index is 794. The zero-order valence-electron chi connectivity index (χ0n) is 16.8. The fourth-order valence-electron chi connectivity index (χ4n) is 4.94. The van der Waals surface area contributed by atoms with Crippen molar-refractivity contribution in [2.45, 2.75) is 64.1 Å². The number of benzene rings is 1. The predicted octanol–water partition coefficient (Wildman–Crippen LogP) is 3.76. The molecule has 4 rings (SSSR count). The van der Waals surface area contributed by atoms with E-state index in [0.29, 0.717) is 18.6 Å². The van der Waals surface area contributed by atoms with E-state index in [2.05, 4.69) is 39.1 Å². The molecule has 0 radical (unpaired) electrons. The molecule has 2 aliphatic rings. The maximum atomic E-state index is 12.4. The molecule has 148 valence electrons. The smallest absolute Gasteiger partial charge is 0.219 e. The van der Waals surface area contributed by atoms with E-state index in [4.69, 9.17) is 0 Å². The summed E-state index contributed by atoms with van der Waals surface area (Å²) in [7, 11) is 0. The van der Waals surface area contributed by atoms with Gasteiger partial charge in [0.1, 0.15) is 6.33 Å². The third-order valence-electron chi connectivity index (χ3n) is 6.32. The first-order valence-corrected chi connectivity index (χ1v) is 10.6. The summed E-state index contributed by atoms with van der Waals surface area (Å²) in [6.45, 7) is 4.46. The second-order valence-corrected chi connectivity index (χ2v) is 8.12.